The first-order valence-corrected chi connectivity index (χ1v) is 5.10. The number of hydrogen-bond donors (Lipinski definition) is 1. The van der Waals surface area contributed by atoms with E-state index in [0.717, 1.165) is 6.07 Å². The van der Waals surface area contributed by atoms with Crippen molar-refractivity contribution in [1.82, 2.24) is 4.98 Å². The molecule has 0 aromatic carbocycles. The van der Waals surface area contributed by atoms with Crippen LogP contribution in [0.25, 0.3) is 0 Å². The molecule has 0 saturated carbocycles. The van der Waals surface area contributed by atoms with E-state index in [-0.39, 0.29) is 16.8 Å². The van der Waals surface area contributed by atoms with Crippen LogP contribution in [0.5, 0.6) is 0 Å². The number of anilines is 1. The molecule has 0 bridgehead atoms. The molecule has 0 radical (unpaired) electrons. The predicted octanol–water partition coefficient (Wildman–Crippen LogP) is 3.30. The van der Waals surface area contributed by atoms with E-state index in [4.69, 9.17) is 0 Å². The molecule has 1 rings (SSSR count). The second-order valence-corrected chi connectivity index (χ2v) is 3.74. The highest BCUT2D eigenvalue weighted by Crippen LogP contribution is 2.35. The summed E-state index contributed by atoms with van der Waals surface area (Å²) >= 11 is 2.95. The van der Waals surface area contributed by atoms with E-state index in [1.165, 1.54) is 6.20 Å². The maximum Gasteiger partial charge on any atom is 0.419 e. The minimum atomic E-state index is -4.43. The van der Waals surface area contributed by atoms with Gasteiger partial charge >= 0.3 is 6.18 Å². The molecule has 0 amide bonds. The Morgan fingerprint density at radius 3 is 2.75 bits per heavy atom. The van der Waals surface area contributed by atoms with Crippen LogP contribution in [0.2, 0.25) is 0 Å². The molecule has 1 N–H and O–H groups in total. The Morgan fingerprint density at radius 2 is 2.19 bits per heavy atom. The maximum atomic E-state index is 12.6. The molecule has 2 nitrogen and oxygen atoms in total. The van der Waals surface area contributed by atoms with Gasteiger partial charge in [-0.1, -0.05) is 5.92 Å². The Kier molecular flexibility index (Phi) is 4.19. The molecule has 16 heavy (non-hydrogen) atoms. The third-order valence-corrected chi connectivity index (χ3v) is 2.11. The van der Waals surface area contributed by atoms with Gasteiger partial charge in [-0.15, -0.1) is 5.92 Å². The monoisotopic (exact) mass is 292 g/mol. The second-order valence-electron chi connectivity index (χ2n) is 2.83. The average molecular weight is 293 g/mol. The first-order valence-electron chi connectivity index (χ1n) is 4.31. The van der Waals surface area contributed by atoms with Crippen LogP contribution in [-0.4, -0.2) is 11.5 Å². The number of halogens is 4. The van der Waals surface area contributed by atoms with Gasteiger partial charge < -0.3 is 5.32 Å². The standard InChI is InChI=1S/C10H8BrF3N2/c1-2-3-4-15-9-8(10(12,13)14)5-7(11)6-16-9/h5-6H,4H2,1H3,(H,15,16). The summed E-state index contributed by atoms with van der Waals surface area (Å²) in [4.78, 5) is 3.67. The first kappa shape index (κ1) is 12.8. The summed E-state index contributed by atoms with van der Waals surface area (Å²) in [5.41, 5.74) is -0.806. The molecule has 1 aromatic heterocycles. The van der Waals surface area contributed by atoms with E-state index >= 15 is 0 Å². The zero-order chi connectivity index (χ0) is 12.2. The summed E-state index contributed by atoms with van der Waals surface area (Å²) in [6.45, 7) is 1.75. The van der Waals surface area contributed by atoms with Crippen molar-refractivity contribution in [2.45, 2.75) is 13.1 Å². The molecule has 0 saturated heterocycles. The summed E-state index contributed by atoms with van der Waals surface area (Å²) in [6, 6.07) is 0.981. The fraction of sp³-hybridized carbons (Fsp3) is 0.300. The second kappa shape index (κ2) is 5.21. The molecule has 1 heterocycles. The van der Waals surface area contributed by atoms with Crippen molar-refractivity contribution >= 4 is 21.7 Å². The molecular formula is C10H8BrF3N2. The molecule has 0 aliphatic rings. The maximum absolute atomic E-state index is 12.6. The predicted molar refractivity (Wildman–Crippen MR) is 58.9 cm³/mol. The van der Waals surface area contributed by atoms with Crippen LogP contribution in [-0.2, 0) is 6.18 Å². The van der Waals surface area contributed by atoms with E-state index in [2.05, 4.69) is 38.1 Å². The lowest BCUT2D eigenvalue weighted by Gasteiger charge is -2.12. The van der Waals surface area contributed by atoms with Crippen LogP contribution in [0.1, 0.15) is 12.5 Å². The fourth-order valence-electron chi connectivity index (χ4n) is 1.01. The number of alkyl halides is 3. The van der Waals surface area contributed by atoms with Crippen LogP contribution in [0, 0.1) is 11.8 Å². The Bertz CT molecular complexity index is 432. The summed E-state index contributed by atoms with van der Waals surface area (Å²) in [5, 5.41) is 2.52. The van der Waals surface area contributed by atoms with Crippen LogP contribution in [0.15, 0.2) is 16.7 Å². The molecule has 0 spiro atoms. The minimum Gasteiger partial charge on any atom is -0.359 e. The van der Waals surface area contributed by atoms with Gasteiger partial charge in [0.25, 0.3) is 0 Å². The van der Waals surface area contributed by atoms with Crippen molar-refractivity contribution in [3.63, 3.8) is 0 Å². The summed E-state index contributed by atoms with van der Waals surface area (Å²) in [5.74, 6) is 4.98. The lowest BCUT2D eigenvalue weighted by molar-refractivity contribution is -0.137. The Labute approximate surface area is 99.4 Å². The molecule has 0 aliphatic carbocycles. The SMILES string of the molecule is CC#CCNc1ncc(Br)cc1C(F)(F)F. The molecule has 0 unspecified atom stereocenters. The smallest absolute Gasteiger partial charge is 0.359 e. The van der Waals surface area contributed by atoms with Crippen LogP contribution < -0.4 is 5.32 Å². The van der Waals surface area contributed by atoms with Gasteiger partial charge in [0.05, 0.1) is 12.1 Å². The van der Waals surface area contributed by atoms with Crippen LogP contribution >= 0.6 is 15.9 Å². The highest BCUT2D eigenvalue weighted by Gasteiger charge is 2.34. The number of nitrogens with one attached hydrogen (secondary N) is 1. The van der Waals surface area contributed by atoms with E-state index in [0.29, 0.717) is 0 Å². The van der Waals surface area contributed by atoms with Crippen LogP contribution in [0.4, 0.5) is 19.0 Å². The molecule has 0 fully saturated rings. The van der Waals surface area contributed by atoms with Gasteiger partial charge in [0.2, 0.25) is 0 Å². The van der Waals surface area contributed by atoms with Gasteiger partial charge in [0.15, 0.2) is 0 Å². The average Bonchev–Trinajstić information content (AvgIpc) is 2.19. The van der Waals surface area contributed by atoms with Gasteiger partial charge in [0.1, 0.15) is 5.82 Å². The van der Waals surface area contributed by atoms with E-state index in [9.17, 15) is 13.2 Å². The molecule has 1 aromatic rings. The Hall–Kier alpha value is -1.22. The first-order chi connectivity index (χ1) is 7.45. The number of pyridine rings is 1. The van der Waals surface area contributed by atoms with E-state index in [1.54, 1.807) is 6.92 Å². The number of aromatic nitrogens is 1. The largest absolute Gasteiger partial charge is 0.419 e. The topological polar surface area (TPSA) is 24.9 Å². The molecule has 0 aliphatic heterocycles. The van der Waals surface area contributed by atoms with Crippen molar-refractivity contribution in [3.05, 3.63) is 22.3 Å². The highest BCUT2D eigenvalue weighted by molar-refractivity contribution is 9.10. The van der Waals surface area contributed by atoms with Crippen LogP contribution in [0.3, 0.4) is 0 Å². The summed E-state index contributed by atoms with van der Waals surface area (Å²) in [7, 11) is 0. The number of rotatable bonds is 2. The quantitative estimate of drug-likeness (QED) is 0.846. The molecule has 86 valence electrons. The van der Waals surface area contributed by atoms with Gasteiger partial charge in [-0.2, -0.15) is 13.2 Å². The van der Waals surface area contributed by atoms with Gasteiger partial charge in [-0.3, -0.25) is 0 Å². The lowest BCUT2D eigenvalue weighted by Crippen LogP contribution is -2.12. The van der Waals surface area contributed by atoms with Crippen molar-refractivity contribution in [1.29, 1.82) is 0 Å². The van der Waals surface area contributed by atoms with Crippen molar-refractivity contribution < 1.29 is 13.2 Å². The number of hydrogen-bond acceptors (Lipinski definition) is 2. The zero-order valence-corrected chi connectivity index (χ0v) is 9.91. The number of nitrogens with zero attached hydrogens (tertiary/aromatic N) is 1. The Morgan fingerprint density at radius 1 is 1.50 bits per heavy atom. The summed E-state index contributed by atoms with van der Waals surface area (Å²) in [6.07, 6.45) is -3.13. The third kappa shape index (κ3) is 3.42. The highest BCUT2D eigenvalue weighted by atomic mass is 79.9. The zero-order valence-electron chi connectivity index (χ0n) is 8.32. The van der Waals surface area contributed by atoms with Crippen molar-refractivity contribution in [2.75, 3.05) is 11.9 Å². The molecule has 0 atom stereocenters. The van der Waals surface area contributed by atoms with E-state index in [1.807, 2.05) is 0 Å². The lowest BCUT2D eigenvalue weighted by atomic mass is 10.2. The summed E-state index contributed by atoms with van der Waals surface area (Å²) < 4.78 is 38.1. The minimum absolute atomic E-state index is 0.133. The van der Waals surface area contributed by atoms with Gasteiger partial charge in [-0.05, 0) is 28.9 Å². The molecular weight excluding hydrogens is 285 g/mol. The third-order valence-electron chi connectivity index (χ3n) is 1.68. The van der Waals surface area contributed by atoms with Crippen molar-refractivity contribution in [3.8, 4) is 11.8 Å². The molecule has 6 heteroatoms. The van der Waals surface area contributed by atoms with E-state index < -0.39 is 11.7 Å². The normalized spacial score (nSPS) is 10.6. The van der Waals surface area contributed by atoms with Gasteiger partial charge in [0, 0.05) is 10.7 Å². The van der Waals surface area contributed by atoms with Gasteiger partial charge in [-0.25, -0.2) is 4.98 Å². The fourth-order valence-corrected chi connectivity index (χ4v) is 1.34. The van der Waals surface area contributed by atoms with Crippen molar-refractivity contribution in [2.24, 2.45) is 0 Å². The Balaban J connectivity index is 3.02.